The summed E-state index contributed by atoms with van der Waals surface area (Å²) in [5.74, 6) is 8.96. The molecule has 0 radical (unpaired) electrons. The van der Waals surface area contributed by atoms with E-state index >= 15 is 0 Å². The number of hydrogen-bond donors (Lipinski definition) is 3. The summed E-state index contributed by atoms with van der Waals surface area (Å²) in [5.41, 5.74) is 14.1. The SMILES string of the molecule is CCCCCCCCCCCCOc1cc(/C=C/c2cc(OC[C@@H](C)CC)c(/C=C/c3cc(OC[C@@H](C)CC)c(/C=C/c4cc(OC[C@@H](C)CC)c(/C=C/c5ccc(-c6nc(N)nc(NC(=O)NCCCC)n6)cc5)cc4OC[C@@H](C)CC)cc3OC[C@@H](C)CC)cc2OC[C@@H](C)CC)cc(OCCCCCCCCCCCC)c1OCCCCCCCCCCCC. The molecule has 0 unspecified atom stereocenters. The van der Waals surface area contributed by atoms with Crippen LogP contribution in [0.15, 0.2) is 72.8 Å². The number of anilines is 2. The lowest BCUT2D eigenvalue weighted by molar-refractivity contribution is 0.234. The van der Waals surface area contributed by atoms with Gasteiger partial charge in [-0.25, -0.2) is 4.79 Å². The highest BCUT2D eigenvalue weighted by atomic mass is 16.5. The van der Waals surface area contributed by atoms with E-state index in [0.29, 0.717) is 107 Å². The molecule has 712 valence electrons. The Kier molecular flexibility index (Phi) is 55.6. The molecule has 6 atom stereocenters. The van der Waals surface area contributed by atoms with Crippen molar-refractivity contribution in [1.29, 1.82) is 0 Å². The largest absolute Gasteiger partial charge is 0.493 e. The van der Waals surface area contributed by atoms with Gasteiger partial charge in [-0.3, -0.25) is 5.32 Å². The van der Waals surface area contributed by atoms with Crippen LogP contribution in [0.5, 0.6) is 51.7 Å². The number of urea groups is 1. The summed E-state index contributed by atoms with van der Waals surface area (Å²) in [4.78, 5) is 25.7. The second kappa shape index (κ2) is 65.8. The van der Waals surface area contributed by atoms with Crippen LogP contribution in [-0.2, 0) is 0 Å². The van der Waals surface area contributed by atoms with Crippen LogP contribution < -0.4 is 59.0 Å². The Morgan fingerprint density at radius 1 is 0.305 bits per heavy atom. The topological polar surface area (TPSA) is 189 Å². The fourth-order valence-corrected chi connectivity index (χ4v) is 14.3. The third-order valence-electron chi connectivity index (χ3n) is 24.7. The Labute approximate surface area is 777 Å². The highest BCUT2D eigenvalue weighted by molar-refractivity contribution is 5.88. The van der Waals surface area contributed by atoms with Crippen molar-refractivity contribution in [2.24, 2.45) is 35.5 Å². The number of ether oxygens (including phenoxy) is 9. The molecule has 0 spiro atoms. The van der Waals surface area contributed by atoms with Crippen LogP contribution in [0.25, 0.3) is 60.0 Å². The van der Waals surface area contributed by atoms with Crippen molar-refractivity contribution in [2.75, 3.05) is 77.1 Å². The van der Waals surface area contributed by atoms with Gasteiger partial charge in [0.15, 0.2) is 17.3 Å². The average Bonchev–Trinajstić information content (AvgIpc) is 0.799. The number of nitrogens with zero attached hydrogens (tertiary/aromatic N) is 3. The number of amides is 2. The molecule has 16 heteroatoms. The maximum absolute atomic E-state index is 12.6. The number of benzene rings is 5. The first-order valence-electron chi connectivity index (χ1n) is 51.1. The number of hydrogen-bond acceptors (Lipinski definition) is 14. The van der Waals surface area contributed by atoms with Gasteiger partial charge in [0.2, 0.25) is 17.6 Å². The normalized spacial score (nSPS) is 13.2. The molecule has 4 N–H and O–H groups in total. The minimum Gasteiger partial charge on any atom is -0.493 e. The highest BCUT2D eigenvalue weighted by Crippen LogP contribution is 2.43. The molecule has 0 aliphatic heterocycles. The van der Waals surface area contributed by atoms with Crippen LogP contribution in [0.4, 0.5) is 16.7 Å². The number of carbonyl (C=O) groups is 1. The number of rotatable bonds is 73. The standard InChI is InChI=1S/C112H174N6O10/c1-17-27-31-34-37-40-43-46-49-52-68-120-106-71-92(72-107(121-69-53-50-47-44-41-38-35-32-28-18-2)108(106)122-70-54-51-48-45-42-39-36-33-29-19-3)58-62-95-74-103(126-82-88(14)24-8)97(76-101(95)124-80-86(12)22-6)64-66-99-78-104(127-83-89(15)25-9)98(77-105(99)128-84-90(16)26-10)65-63-96-75-100(123-79-85(11)21-5)94(73-102(96)125-81-87(13)23-7)61-57-91-55-59-93(60-56-91)109-115-110(113)117-111(116-109)118-112(119)114-67-30-20-4/h55-66,71-78,85-90H,17-54,67-70,79-84H2,1-16H3,(H4,113,114,115,116,117,118,119)/b61-57+,62-58+,65-63+,66-64+/t85-,86-,87-,88-,89-,90-/m0/s1. The van der Waals surface area contributed by atoms with Crippen molar-refractivity contribution < 1.29 is 47.4 Å². The quantitative estimate of drug-likeness (QED) is 0.0242. The number of aromatic nitrogens is 3. The van der Waals surface area contributed by atoms with Crippen molar-refractivity contribution >= 4 is 66.5 Å². The fourth-order valence-electron chi connectivity index (χ4n) is 14.3. The molecule has 16 nitrogen and oxygen atoms in total. The van der Waals surface area contributed by atoms with Crippen molar-refractivity contribution in [3.63, 3.8) is 0 Å². The predicted octanol–water partition coefficient (Wildman–Crippen LogP) is 32.2. The molecule has 0 aliphatic carbocycles. The monoisotopic (exact) mass is 1760 g/mol. The molecule has 0 saturated carbocycles. The molecule has 128 heavy (non-hydrogen) atoms. The minimum atomic E-state index is -0.399. The van der Waals surface area contributed by atoms with Gasteiger partial charge in [-0.15, -0.1) is 0 Å². The van der Waals surface area contributed by atoms with Crippen LogP contribution in [0.3, 0.4) is 0 Å². The molecule has 1 aromatic heterocycles. The Balaban J connectivity index is 1.45. The first-order chi connectivity index (χ1) is 62.4. The smallest absolute Gasteiger partial charge is 0.321 e. The van der Waals surface area contributed by atoms with Gasteiger partial charge >= 0.3 is 6.03 Å². The van der Waals surface area contributed by atoms with E-state index in [9.17, 15) is 4.79 Å². The Morgan fingerprint density at radius 2 is 0.578 bits per heavy atom. The molecular formula is C112H174N6O10. The summed E-state index contributed by atoms with van der Waals surface area (Å²) >= 11 is 0. The molecule has 0 bridgehead atoms. The third-order valence-corrected chi connectivity index (χ3v) is 24.7. The molecule has 6 rings (SSSR count). The number of nitrogens with two attached hydrogens (primary N) is 1. The molecule has 0 aliphatic rings. The van der Waals surface area contributed by atoms with Crippen LogP contribution in [0.1, 0.15) is 399 Å². The Morgan fingerprint density at radius 3 is 0.875 bits per heavy atom. The summed E-state index contributed by atoms with van der Waals surface area (Å²) in [5, 5.41) is 5.53. The van der Waals surface area contributed by atoms with E-state index < -0.39 is 6.03 Å². The van der Waals surface area contributed by atoms with Crippen molar-refractivity contribution in [1.82, 2.24) is 20.3 Å². The predicted molar refractivity (Wildman–Crippen MR) is 545 cm³/mol. The van der Waals surface area contributed by atoms with E-state index in [1.165, 1.54) is 154 Å². The summed E-state index contributed by atoms with van der Waals surface area (Å²) in [6.07, 6.45) is 62.6. The second-order valence-electron chi connectivity index (χ2n) is 36.7. The lowest BCUT2D eigenvalue weighted by Gasteiger charge is -2.20. The van der Waals surface area contributed by atoms with Crippen molar-refractivity contribution in [3.05, 3.63) is 117 Å². The van der Waals surface area contributed by atoms with Crippen LogP contribution in [0, 0.1) is 35.5 Å². The van der Waals surface area contributed by atoms with Gasteiger partial charge in [0.05, 0.1) is 59.5 Å². The zero-order chi connectivity index (χ0) is 92.1. The van der Waals surface area contributed by atoms with Crippen LogP contribution in [-0.4, -0.2) is 87.0 Å². The zero-order valence-electron chi connectivity index (χ0n) is 83.0. The summed E-state index contributed by atoms with van der Waals surface area (Å²) in [7, 11) is 0. The van der Waals surface area contributed by atoms with Gasteiger partial charge in [0.1, 0.15) is 34.5 Å². The number of unbranched alkanes of at least 4 members (excludes halogenated alkanes) is 28. The molecule has 0 fully saturated rings. The Bertz CT molecular complexity index is 4070. The first kappa shape index (κ1) is 108. The van der Waals surface area contributed by atoms with E-state index in [1.807, 2.05) is 24.3 Å². The molecule has 1 heterocycles. The van der Waals surface area contributed by atoms with E-state index in [4.69, 9.17) is 48.4 Å². The van der Waals surface area contributed by atoms with E-state index in [-0.39, 0.29) is 11.9 Å². The molecule has 5 aromatic carbocycles. The van der Waals surface area contributed by atoms with E-state index in [1.54, 1.807) is 0 Å². The van der Waals surface area contributed by atoms with Crippen LogP contribution >= 0.6 is 0 Å². The van der Waals surface area contributed by atoms with Crippen molar-refractivity contribution in [3.8, 4) is 63.1 Å². The van der Waals surface area contributed by atoms with E-state index in [0.717, 1.165) is 192 Å². The lowest BCUT2D eigenvalue weighted by atomic mass is 10.0. The zero-order valence-corrected chi connectivity index (χ0v) is 83.0. The number of nitrogen functional groups attached to an aromatic ring is 1. The number of nitrogens with one attached hydrogen (secondary N) is 2. The van der Waals surface area contributed by atoms with Gasteiger partial charge in [0.25, 0.3) is 0 Å². The van der Waals surface area contributed by atoms with Crippen molar-refractivity contribution in [2.45, 2.75) is 355 Å². The summed E-state index contributed by atoms with van der Waals surface area (Å²) in [6.45, 7) is 41.2. The highest BCUT2D eigenvalue weighted by Gasteiger charge is 2.22. The lowest BCUT2D eigenvalue weighted by Crippen LogP contribution is -2.30. The molecule has 2 amide bonds. The fraction of sp³-hybridized carbons (Fsp3) is 0.625. The second-order valence-corrected chi connectivity index (χ2v) is 36.7. The number of carbonyl (C=O) groups excluding carboxylic acids is 1. The van der Waals surface area contributed by atoms with Gasteiger partial charge in [-0.2, -0.15) is 15.0 Å². The summed E-state index contributed by atoms with van der Waals surface area (Å²) in [6, 6.07) is 24.6. The van der Waals surface area contributed by atoms with Crippen LogP contribution in [0.2, 0.25) is 0 Å². The maximum atomic E-state index is 12.6. The molecule has 6 aromatic rings. The minimum absolute atomic E-state index is 0.00446. The Hall–Kier alpha value is -8.66. The molecule has 0 saturated heterocycles. The summed E-state index contributed by atoms with van der Waals surface area (Å²) < 4.78 is 62.5. The average molecular weight is 1760 g/mol. The third kappa shape index (κ3) is 43.4. The first-order valence-corrected chi connectivity index (χ1v) is 51.1. The van der Waals surface area contributed by atoms with Gasteiger partial charge in [0, 0.05) is 45.5 Å². The maximum Gasteiger partial charge on any atom is 0.321 e. The molecular weight excluding hydrogens is 1590 g/mol. The van der Waals surface area contributed by atoms with Gasteiger partial charge in [-0.1, -0.05) is 402 Å². The van der Waals surface area contributed by atoms with Gasteiger partial charge < -0.3 is 53.7 Å². The van der Waals surface area contributed by atoms with Gasteiger partial charge in [-0.05, 0) is 121 Å². The van der Waals surface area contributed by atoms with E-state index in [2.05, 4.69) is 234 Å².